The fraction of sp³-hybridized carbons (Fsp3) is 0.318. The first kappa shape index (κ1) is 20.6. The Labute approximate surface area is 175 Å². The number of hydrogen-bond donors (Lipinski definition) is 3. The van der Waals surface area contributed by atoms with Crippen LogP contribution in [0.5, 0.6) is 0 Å². The summed E-state index contributed by atoms with van der Waals surface area (Å²) in [7, 11) is -3.62. The van der Waals surface area contributed by atoms with Gasteiger partial charge in [0.25, 0.3) is 5.91 Å². The summed E-state index contributed by atoms with van der Waals surface area (Å²) >= 11 is 0. The molecule has 0 spiro atoms. The molecule has 30 heavy (non-hydrogen) atoms. The maximum atomic E-state index is 12.4. The number of benzene rings is 2. The highest BCUT2D eigenvalue weighted by Gasteiger charge is 2.20. The van der Waals surface area contributed by atoms with E-state index in [0.717, 1.165) is 29.3 Å². The Morgan fingerprint density at radius 1 is 1.13 bits per heavy atom. The van der Waals surface area contributed by atoms with E-state index in [1.54, 1.807) is 0 Å². The Morgan fingerprint density at radius 2 is 1.93 bits per heavy atom. The summed E-state index contributed by atoms with van der Waals surface area (Å²) in [6.07, 6.45) is 4.41. The Morgan fingerprint density at radius 3 is 2.70 bits per heavy atom. The Kier molecular flexibility index (Phi) is 6.17. The van der Waals surface area contributed by atoms with E-state index in [4.69, 9.17) is 4.74 Å². The van der Waals surface area contributed by atoms with Gasteiger partial charge in [-0.2, -0.15) is 0 Å². The van der Waals surface area contributed by atoms with Crippen LogP contribution in [-0.2, 0) is 21.2 Å². The van der Waals surface area contributed by atoms with Crippen molar-refractivity contribution < 1.29 is 17.9 Å². The molecule has 3 N–H and O–H groups in total. The number of hydrogen-bond acceptors (Lipinski definition) is 4. The summed E-state index contributed by atoms with van der Waals surface area (Å²) in [5, 5.41) is 4.04. The second-order valence-electron chi connectivity index (χ2n) is 7.38. The minimum atomic E-state index is -3.62. The smallest absolute Gasteiger partial charge is 0.251 e. The van der Waals surface area contributed by atoms with E-state index in [2.05, 4.69) is 21.1 Å². The quantitative estimate of drug-likeness (QED) is 0.514. The molecule has 8 heteroatoms. The summed E-state index contributed by atoms with van der Waals surface area (Å²) in [4.78, 5) is 15.8. The number of amides is 1. The van der Waals surface area contributed by atoms with Crippen LogP contribution in [0.25, 0.3) is 10.9 Å². The number of para-hydroxylation sites is 1. The van der Waals surface area contributed by atoms with Gasteiger partial charge >= 0.3 is 0 Å². The monoisotopic (exact) mass is 427 g/mol. The number of carbonyl (C=O) groups excluding carboxylic acids is 1. The van der Waals surface area contributed by atoms with Crippen molar-refractivity contribution in [1.29, 1.82) is 0 Å². The zero-order valence-electron chi connectivity index (χ0n) is 16.6. The number of sulfonamides is 1. The molecule has 1 atom stereocenters. The minimum absolute atomic E-state index is 0.0676. The average molecular weight is 428 g/mol. The van der Waals surface area contributed by atoms with Crippen LogP contribution < -0.4 is 10.0 Å². The van der Waals surface area contributed by atoms with Crippen LogP contribution in [-0.4, -0.2) is 45.1 Å². The lowest BCUT2D eigenvalue weighted by Gasteiger charge is -2.11. The fourth-order valence-electron chi connectivity index (χ4n) is 3.63. The van der Waals surface area contributed by atoms with Crippen molar-refractivity contribution in [3.63, 3.8) is 0 Å². The molecular formula is C22H25N3O4S. The third kappa shape index (κ3) is 4.72. The molecule has 1 aliphatic rings. The Hall–Kier alpha value is -2.68. The number of rotatable bonds is 8. The molecule has 1 unspecified atom stereocenters. The first-order valence-corrected chi connectivity index (χ1v) is 11.6. The molecule has 7 nitrogen and oxygen atoms in total. The lowest BCUT2D eigenvalue weighted by Crippen LogP contribution is -2.32. The van der Waals surface area contributed by atoms with E-state index < -0.39 is 10.0 Å². The van der Waals surface area contributed by atoms with Crippen LogP contribution in [0, 0.1) is 0 Å². The normalized spacial score (nSPS) is 16.7. The first-order chi connectivity index (χ1) is 14.5. The van der Waals surface area contributed by atoms with Crippen molar-refractivity contribution >= 4 is 26.8 Å². The van der Waals surface area contributed by atoms with E-state index in [9.17, 15) is 13.2 Å². The van der Waals surface area contributed by atoms with Crippen molar-refractivity contribution in [2.45, 2.75) is 30.3 Å². The summed E-state index contributed by atoms with van der Waals surface area (Å²) in [6, 6.07) is 14.0. The number of nitrogens with one attached hydrogen (secondary N) is 3. The average Bonchev–Trinajstić information content (AvgIpc) is 3.43. The molecule has 1 aliphatic heterocycles. The predicted octanol–water partition coefficient (Wildman–Crippen LogP) is 2.60. The largest absolute Gasteiger partial charge is 0.377 e. The standard InChI is InChI=1S/C22H25N3O4S/c26-22(23-12-11-17-14-24-21-6-2-1-5-20(17)21)16-7-9-19(10-8-16)30(27,28)25-15-18-4-3-13-29-18/h1-2,5-10,14,18,24-25H,3-4,11-13,15H2,(H,23,26). The molecule has 158 valence electrons. The zero-order chi connectivity index (χ0) is 21.0. The van der Waals surface area contributed by atoms with Crippen molar-refractivity contribution in [2.75, 3.05) is 19.7 Å². The molecule has 0 bridgehead atoms. The topological polar surface area (TPSA) is 100 Å². The second-order valence-corrected chi connectivity index (χ2v) is 9.14. The number of carbonyl (C=O) groups is 1. The summed E-state index contributed by atoms with van der Waals surface area (Å²) in [5.74, 6) is -0.230. The molecular weight excluding hydrogens is 402 g/mol. The van der Waals surface area contributed by atoms with E-state index in [1.807, 2.05) is 24.4 Å². The van der Waals surface area contributed by atoms with Gasteiger partial charge in [0, 0.05) is 42.4 Å². The van der Waals surface area contributed by atoms with Crippen LogP contribution in [0.4, 0.5) is 0 Å². The Bertz CT molecular complexity index is 1120. The number of ether oxygens (including phenoxy) is 1. The van der Waals surface area contributed by atoms with Crippen molar-refractivity contribution in [1.82, 2.24) is 15.0 Å². The summed E-state index contributed by atoms with van der Waals surface area (Å²) < 4.78 is 32.8. The molecule has 2 heterocycles. The molecule has 0 saturated carbocycles. The van der Waals surface area contributed by atoms with Crippen LogP contribution in [0.2, 0.25) is 0 Å². The van der Waals surface area contributed by atoms with Crippen LogP contribution in [0.1, 0.15) is 28.8 Å². The van der Waals surface area contributed by atoms with Crippen LogP contribution in [0.15, 0.2) is 59.6 Å². The fourth-order valence-corrected chi connectivity index (χ4v) is 4.69. The first-order valence-electron chi connectivity index (χ1n) is 10.1. The van der Waals surface area contributed by atoms with Crippen molar-refractivity contribution in [3.8, 4) is 0 Å². The molecule has 0 aliphatic carbocycles. The molecule has 2 aromatic carbocycles. The van der Waals surface area contributed by atoms with Gasteiger partial charge in [-0.1, -0.05) is 18.2 Å². The van der Waals surface area contributed by atoms with E-state index in [-0.39, 0.29) is 23.5 Å². The minimum Gasteiger partial charge on any atom is -0.377 e. The van der Waals surface area contributed by atoms with Gasteiger partial charge in [0.15, 0.2) is 0 Å². The molecule has 0 radical (unpaired) electrons. The van der Waals surface area contributed by atoms with Gasteiger partial charge in [-0.05, 0) is 55.2 Å². The maximum absolute atomic E-state index is 12.4. The maximum Gasteiger partial charge on any atom is 0.251 e. The molecule has 1 amide bonds. The number of fused-ring (bicyclic) bond motifs is 1. The highest BCUT2D eigenvalue weighted by atomic mass is 32.2. The zero-order valence-corrected chi connectivity index (χ0v) is 17.4. The molecule has 3 aromatic rings. The van der Waals surface area contributed by atoms with Gasteiger partial charge in [-0.3, -0.25) is 4.79 Å². The Balaban J connectivity index is 1.31. The van der Waals surface area contributed by atoms with E-state index in [1.165, 1.54) is 24.3 Å². The van der Waals surface area contributed by atoms with E-state index >= 15 is 0 Å². The third-order valence-electron chi connectivity index (χ3n) is 5.31. The summed E-state index contributed by atoms with van der Waals surface area (Å²) in [5.41, 5.74) is 2.64. The summed E-state index contributed by atoms with van der Waals surface area (Å²) in [6.45, 7) is 1.43. The SMILES string of the molecule is O=C(NCCc1c[nH]c2ccccc12)c1ccc(S(=O)(=O)NCC2CCCO2)cc1. The van der Waals surface area contributed by atoms with Gasteiger partial charge in [0.1, 0.15) is 0 Å². The van der Waals surface area contributed by atoms with Gasteiger partial charge in [-0.15, -0.1) is 0 Å². The third-order valence-corrected chi connectivity index (χ3v) is 6.75. The highest BCUT2D eigenvalue weighted by molar-refractivity contribution is 7.89. The van der Waals surface area contributed by atoms with Gasteiger partial charge < -0.3 is 15.0 Å². The van der Waals surface area contributed by atoms with E-state index in [0.29, 0.717) is 25.1 Å². The van der Waals surface area contributed by atoms with Crippen molar-refractivity contribution in [2.24, 2.45) is 0 Å². The van der Waals surface area contributed by atoms with Crippen molar-refractivity contribution in [3.05, 3.63) is 65.9 Å². The number of aromatic nitrogens is 1. The van der Waals surface area contributed by atoms with Crippen LogP contribution in [0.3, 0.4) is 0 Å². The van der Waals surface area contributed by atoms with Crippen LogP contribution >= 0.6 is 0 Å². The lowest BCUT2D eigenvalue weighted by molar-refractivity contribution is 0.0954. The predicted molar refractivity (Wildman–Crippen MR) is 115 cm³/mol. The molecule has 1 fully saturated rings. The number of aromatic amines is 1. The van der Waals surface area contributed by atoms with Gasteiger partial charge in [-0.25, -0.2) is 13.1 Å². The lowest BCUT2D eigenvalue weighted by atomic mass is 10.1. The highest BCUT2D eigenvalue weighted by Crippen LogP contribution is 2.18. The molecule has 1 saturated heterocycles. The second kappa shape index (κ2) is 8.99. The molecule has 1 aromatic heterocycles. The van der Waals surface area contributed by atoms with Gasteiger partial charge in [0.05, 0.1) is 11.0 Å². The number of H-pyrrole nitrogens is 1. The molecule has 4 rings (SSSR count). The van der Waals surface area contributed by atoms with Gasteiger partial charge in [0.2, 0.25) is 10.0 Å².